The zero-order valence-electron chi connectivity index (χ0n) is 10.2. The van der Waals surface area contributed by atoms with Crippen LogP contribution in [-0.4, -0.2) is 14.2 Å². The quantitative estimate of drug-likeness (QED) is 0.747. The number of methoxy groups -OCH3 is 2. The molecule has 0 aliphatic rings. The van der Waals surface area contributed by atoms with Crippen LogP contribution in [0.3, 0.4) is 0 Å². The Morgan fingerprint density at radius 2 is 1.88 bits per heavy atom. The molecule has 1 rings (SSSR count). The van der Waals surface area contributed by atoms with Gasteiger partial charge in [0, 0.05) is 23.9 Å². The molecule has 0 aliphatic heterocycles. The number of benzene rings is 1. The van der Waals surface area contributed by atoms with Gasteiger partial charge in [-0.15, -0.1) is 0 Å². The molecule has 0 fully saturated rings. The van der Waals surface area contributed by atoms with Gasteiger partial charge in [0.1, 0.15) is 0 Å². The van der Waals surface area contributed by atoms with Crippen LogP contribution in [0.5, 0.6) is 11.5 Å². The minimum Gasteiger partial charge on any atom is -0.493 e. The van der Waals surface area contributed by atoms with Gasteiger partial charge in [0.25, 0.3) is 0 Å². The van der Waals surface area contributed by atoms with Crippen LogP contribution in [0.15, 0.2) is 6.07 Å². The predicted molar refractivity (Wildman–Crippen MR) is 65.8 cm³/mol. The highest BCUT2D eigenvalue weighted by molar-refractivity contribution is 5.63. The third-order valence-electron chi connectivity index (χ3n) is 2.63. The van der Waals surface area contributed by atoms with Crippen LogP contribution in [0.1, 0.15) is 24.5 Å². The summed E-state index contributed by atoms with van der Waals surface area (Å²) < 4.78 is 10.6. The molecule has 0 saturated heterocycles. The van der Waals surface area contributed by atoms with Crippen LogP contribution in [-0.2, 0) is 13.0 Å². The number of hydrogen-bond donors (Lipinski definition) is 2. The fourth-order valence-electron chi connectivity index (χ4n) is 1.89. The number of ether oxygens (including phenoxy) is 2. The van der Waals surface area contributed by atoms with Gasteiger partial charge in [0.15, 0.2) is 11.5 Å². The van der Waals surface area contributed by atoms with Gasteiger partial charge in [0.2, 0.25) is 0 Å². The zero-order chi connectivity index (χ0) is 12.1. The Kier molecular flexibility index (Phi) is 4.43. The van der Waals surface area contributed by atoms with Crippen molar-refractivity contribution >= 4 is 5.69 Å². The second-order valence-corrected chi connectivity index (χ2v) is 3.61. The van der Waals surface area contributed by atoms with E-state index in [1.807, 2.05) is 0 Å². The molecule has 16 heavy (non-hydrogen) atoms. The molecule has 4 N–H and O–H groups in total. The number of nitrogen functional groups attached to an aromatic ring is 1. The number of nitrogens with two attached hydrogens (primary N) is 2. The molecule has 0 unspecified atom stereocenters. The molecular formula is C12H20N2O2. The number of rotatable bonds is 5. The highest BCUT2D eigenvalue weighted by Crippen LogP contribution is 2.37. The van der Waals surface area contributed by atoms with Crippen molar-refractivity contribution in [3.8, 4) is 11.5 Å². The van der Waals surface area contributed by atoms with E-state index in [0.29, 0.717) is 18.0 Å². The zero-order valence-corrected chi connectivity index (χ0v) is 10.2. The van der Waals surface area contributed by atoms with Gasteiger partial charge in [-0.1, -0.05) is 13.3 Å². The second-order valence-electron chi connectivity index (χ2n) is 3.61. The van der Waals surface area contributed by atoms with E-state index < -0.39 is 0 Å². The lowest BCUT2D eigenvalue weighted by atomic mass is 9.99. The van der Waals surface area contributed by atoms with Gasteiger partial charge >= 0.3 is 0 Å². The average Bonchev–Trinajstić information content (AvgIpc) is 2.30. The molecule has 1 aromatic carbocycles. The van der Waals surface area contributed by atoms with Crippen molar-refractivity contribution in [2.75, 3.05) is 20.0 Å². The minimum atomic E-state index is 0.403. The fourth-order valence-corrected chi connectivity index (χ4v) is 1.89. The van der Waals surface area contributed by atoms with E-state index in [-0.39, 0.29) is 0 Å². The normalized spacial score (nSPS) is 10.2. The van der Waals surface area contributed by atoms with Gasteiger partial charge in [-0.05, 0) is 12.0 Å². The Morgan fingerprint density at radius 3 is 2.31 bits per heavy atom. The van der Waals surface area contributed by atoms with Crippen molar-refractivity contribution in [2.45, 2.75) is 26.3 Å². The first-order valence-electron chi connectivity index (χ1n) is 5.41. The van der Waals surface area contributed by atoms with Gasteiger partial charge in [-0.2, -0.15) is 0 Å². The first kappa shape index (κ1) is 12.6. The van der Waals surface area contributed by atoms with E-state index in [4.69, 9.17) is 20.9 Å². The smallest absolute Gasteiger partial charge is 0.165 e. The summed E-state index contributed by atoms with van der Waals surface area (Å²) in [5.41, 5.74) is 14.5. The van der Waals surface area contributed by atoms with E-state index in [1.54, 1.807) is 20.3 Å². The Morgan fingerprint density at radius 1 is 1.19 bits per heavy atom. The minimum absolute atomic E-state index is 0.403. The summed E-state index contributed by atoms with van der Waals surface area (Å²) in [6.07, 6.45) is 1.92. The second kappa shape index (κ2) is 5.61. The molecule has 0 radical (unpaired) electrons. The van der Waals surface area contributed by atoms with Crippen LogP contribution in [0.2, 0.25) is 0 Å². The lowest BCUT2D eigenvalue weighted by Gasteiger charge is -2.17. The highest BCUT2D eigenvalue weighted by atomic mass is 16.5. The molecule has 0 bridgehead atoms. The van der Waals surface area contributed by atoms with Crippen molar-refractivity contribution in [1.29, 1.82) is 0 Å². The molecular weight excluding hydrogens is 204 g/mol. The van der Waals surface area contributed by atoms with E-state index in [0.717, 1.165) is 29.7 Å². The van der Waals surface area contributed by atoms with Gasteiger partial charge in [0.05, 0.1) is 14.2 Å². The highest BCUT2D eigenvalue weighted by Gasteiger charge is 2.16. The average molecular weight is 224 g/mol. The summed E-state index contributed by atoms with van der Waals surface area (Å²) in [6, 6.07) is 1.79. The monoisotopic (exact) mass is 224 g/mol. The molecule has 0 saturated carbocycles. The molecule has 0 aliphatic carbocycles. The first-order chi connectivity index (χ1) is 7.69. The van der Waals surface area contributed by atoms with Gasteiger partial charge in [-0.25, -0.2) is 0 Å². The SMILES string of the molecule is CCCc1c(N)cc(OC)c(OC)c1CN. The molecule has 0 atom stereocenters. The lowest BCUT2D eigenvalue weighted by Crippen LogP contribution is -2.09. The maximum Gasteiger partial charge on any atom is 0.165 e. The molecule has 4 heteroatoms. The summed E-state index contributed by atoms with van der Waals surface area (Å²) >= 11 is 0. The van der Waals surface area contributed by atoms with Crippen LogP contribution >= 0.6 is 0 Å². The summed E-state index contributed by atoms with van der Waals surface area (Å²) in [5.74, 6) is 1.34. The van der Waals surface area contributed by atoms with Crippen LogP contribution in [0.25, 0.3) is 0 Å². The number of hydrogen-bond acceptors (Lipinski definition) is 4. The van der Waals surface area contributed by atoms with Gasteiger partial charge < -0.3 is 20.9 Å². The summed E-state index contributed by atoms with van der Waals surface area (Å²) in [4.78, 5) is 0. The standard InChI is InChI=1S/C12H20N2O2/c1-4-5-8-9(7-13)12(16-3)11(15-2)6-10(8)14/h6H,4-5,7,13-14H2,1-3H3. The van der Waals surface area contributed by atoms with Crippen molar-refractivity contribution < 1.29 is 9.47 Å². The van der Waals surface area contributed by atoms with Crippen LogP contribution in [0, 0.1) is 0 Å². The molecule has 0 heterocycles. The maximum atomic E-state index is 5.99. The molecule has 90 valence electrons. The number of anilines is 1. The molecule has 0 aromatic heterocycles. The van der Waals surface area contributed by atoms with Crippen molar-refractivity contribution in [2.24, 2.45) is 5.73 Å². The van der Waals surface area contributed by atoms with E-state index in [1.165, 1.54) is 0 Å². The molecule has 0 amide bonds. The topological polar surface area (TPSA) is 70.5 Å². The van der Waals surface area contributed by atoms with Crippen molar-refractivity contribution in [3.63, 3.8) is 0 Å². The van der Waals surface area contributed by atoms with E-state index >= 15 is 0 Å². The fraction of sp³-hybridized carbons (Fsp3) is 0.500. The maximum absolute atomic E-state index is 5.99. The first-order valence-corrected chi connectivity index (χ1v) is 5.41. The van der Waals surface area contributed by atoms with Crippen molar-refractivity contribution in [1.82, 2.24) is 0 Å². The summed E-state index contributed by atoms with van der Waals surface area (Å²) in [6.45, 7) is 2.51. The Labute approximate surface area is 96.5 Å². The Balaban J connectivity index is 3.38. The van der Waals surface area contributed by atoms with E-state index in [9.17, 15) is 0 Å². The largest absolute Gasteiger partial charge is 0.493 e. The predicted octanol–water partition coefficient (Wildman–Crippen LogP) is 1.70. The summed E-state index contributed by atoms with van der Waals surface area (Å²) in [7, 11) is 3.21. The third-order valence-corrected chi connectivity index (χ3v) is 2.63. The van der Waals surface area contributed by atoms with Gasteiger partial charge in [-0.3, -0.25) is 0 Å². The molecule has 1 aromatic rings. The Hall–Kier alpha value is -1.42. The van der Waals surface area contributed by atoms with Crippen LogP contribution in [0.4, 0.5) is 5.69 Å². The van der Waals surface area contributed by atoms with E-state index in [2.05, 4.69) is 6.92 Å². The Bertz CT molecular complexity index is 365. The lowest BCUT2D eigenvalue weighted by molar-refractivity contribution is 0.351. The third kappa shape index (κ3) is 2.22. The van der Waals surface area contributed by atoms with Crippen LogP contribution < -0.4 is 20.9 Å². The molecule has 4 nitrogen and oxygen atoms in total. The summed E-state index contributed by atoms with van der Waals surface area (Å²) in [5, 5.41) is 0. The van der Waals surface area contributed by atoms with Crippen molar-refractivity contribution in [3.05, 3.63) is 17.2 Å². The molecule has 0 spiro atoms.